The van der Waals surface area contributed by atoms with Gasteiger partial charge in [-0.3, -0.25) is 4.79 Å². The minimum Gasteiger partial charge on any atom is -0.355 e. The van der Waals surface area contributed by atoms with Gasteiger partial charge in [-0.1, -0.05) is 18.2 Å². The van der Waals surface area contributed by atoms with Gasteiger partial charge in [0.25, 0.3) is 0 Å². The molecule has 0 radical (unpaired) electrons. The summed E-state index contributed by atoms with van der Waals surface area (Å²) in [5, 5.41) is 2.97. The van der Waals surface area contributed by atoms with Crippen LogP contribution < -0.4 is 5.32 Å². The number of halogens is 1. The molecule has 0 spiro atoms. The van der Waals surface area contributed by atoms with E-state index in [0.717, 1.165) is 31.4 Å². The summed E-state index contributed by atoms with van der Waals surface area (Å²) >= 11 is 1.65. The molecule has 1 aliphatic rings. The number of hydrogen-bond acceptors (Lipinski definition) is 3. The van der Waals surface area contributed by atoms with Crippen molar-refractivity contribution in [3.63, 3.8) is 0 Å². The van der Waals surface area contributed by atoms with E-state index in [1.165, 1.54) is 10.9 Å². The summed E-state index contributed by atoms with van der Waals surface area (Å²) in [5.41, 5.74) is 2.82. The van der Waals surface area contributed by atoms with Crippen LogP contribution in [0.5, 0.6) is 0 Å². The molecule has 1 fully saturated rings. The van der Waals surface area contributed by atoms with Crippen molar-refractivity contribution in [1.82, 2.24) is 10.3 Å². The van der Waals surface area contributed by atoms with Gasteiger partial charge < -0.3 is 5.32 Å². The van der Waals surface area contributed by atoms with Crippen molar-refractivity contribution in [2.75, 3.05) is 6.54 Å². The number of nitrogens with zero attached hydrogens (tertiary/aromatic N) is 1. The molecule has 1 N–H and O–H groups in total. The van der Waals surface area contributed by atoms with Gasteiger partial charge in [0.2, 0.25) is 5.91 Å². The normalized spacial score (nSPS) is 15.5. The minimum absolute atomic E-state index is 0.0429. The van der Waals surface area contributed by atoms with E-state index in [2.05, 4.69) is 10.3 Å². The number of nitrogens with one attached hydrogen (secondary N) is 1. The quantitative estimate of drug-likeness (QED) is 0.830. The lowest BCUT2D eigenvalue weighted by Crippen LogP contribution is -2.36. The monoisotopic (exact) mass is 318 g/mol. The number of amides is 1. The summed E-state index contributed by atoms with van der Waals surface area (Å²) in [5.74, 6) is -0.325. The Morgan fingerprint density at radius 2 is 2.18 bits per heavy atom. The van der Waals surface area contributed by atoms with Crippen LogP contribution in [0, 0.1) is 12.7 Å². The second-order valence-corrected chi connectivity index (χ2v) is 6.72. The maximum Gasteiger partial charge on any atom is 0.230 e. The fourth-order valence-corrected chi connectivity index (χ4v) is 3.60. The number of rotatable bonds is 6. The van der Waals surface area contributed by atoms with Gasteiger partial charge in [-0.15, -0.1) is 11.3 Å². The Labute approximate surface area is 133 Å². The second kappa shape index (κ2) is 6.16. The van der Waals surface area contributed by atoms with Gasteiger partial charge in [-0.05, 0) is 38.7 Å². The van der Waals surface area contributed by atoms with Crippen molar-refractivity contribution < 1.29 is 9.18 Å². The lowest BCUT2D eigenvalue weighted by molar-refractivity contribution is -0.123. The van der Waals surface area contributed by atoms with Crippen molar-refractivity contribution in [1.29, 1.82) is 0 Å². The molecule has 1 aromatic carbocycles. The van der Waals surface area contributed by atoms with E-state index in [4.69, 9.17) is 0 Å². The lowest BCUT2D eigenvalue weighted by atomic mass is 9.94. The average Bonchev–Trinajstić information content (AvgIpc) is 3.22. The maximum absolute atomic E-state index is 13.9. The minimum atomic E-state index is -0.633. The molecule has 3 nitrogen and oxygen atoms in total. The predicted molar refractivity (Wildman–Crippen MR) is 85.5 cm³/mol. The zero-order chi connectivity index (χ0) is 15.6. The highest BCUT2D eigenvalue weighted by atomic mass is 32.1. The Balaban J connectivity index is 1.54. The van der Waals surface area contributed by atoms with Crippen molar-refractivity contribution >= 4 is 17.2 Å². The van der Waals surface area contributed by atoms with Crippen molar-refractivity contribution in [3.05, 3.63) is 51.7 Å². The molecule has 1 amide bonds. The molecule has 0 saturated heterocycles. The van der Waals surface area contributed by atoms with Crippen molar-refractivity contribution in [3.8, 4) is 0 Å². The predicted octanol–water partition coefficient (Wildman–Crippen LogP) is 3.37. The molecule has 5 heteroatoms. The third-order valence-electron chi connectivity index (χ3n) is 4.29. The first kappa shape index (κ1) is 15.2. The highest BCUT2D eigenvalue weighted by molar-refractivity contribution is 7.09. The summed E-state index contributed by atoms with van der Waals surface area (Å²) in [6.45, 7) is 2.62. The number of aryl methyl sites for hydroxylation is 2. The van der Waals surface area contributed by atoms with E-state index < -0.39 is 5.41 Å². The molecular formula is C17H19FN2OS. The van der Waals surface area contributed by atoms with E-state index in [-0.39, 0.29) is 11.7 Å². The Bertz CT molecular complexity index is 679. The molecule has 2 aromatic rings. The smallest absolute Gasteiger partial charge is 0.230 e. The van der Waals surface area contributed by atoms with Crippen LogP contribution in [0.3, 0.4) is 0 Å². The number of hydrogen-bond donors (Lipinski definition) is 1. The van der Waals surface area contributed by atoms with Crippen LogP contribution in [-0.2, 0) is 16.6 Å². The average molecular weight is 318 g/mol. The molecular weight excluding hydrogens is 299 g/mol. The Hall–Kier alpha value is -1.75. The van der Waals surface area contributed by atoms with Crippen LogP contribution in [0.2, 0.25) is 0 Å². The van der Waals surface area contributed by atoms with Gasteiger partial charge in [0.05, 0.1) is 16.6 Å². The first-order valence-corrected chi connectivity index (χ1v) is 8.44. The first-order chi connectivity index (χ1) is 10.6. The molecule has 1 saturated carbocycles. The summed E-state index contributed by atoms with van der Waals surface area (Å²) in [6.07, 6.45) is 3.26. The number of carbonyl (C=O) groups excluding carboxylic acids is 1. The maximum atomic E-state index is 13.9. The van der Waals surface area contributed by atoms with E-state index in [1.807, 2.05) is 12.4 Å². The molecule has 1 heterocycles. The summed E-state index contributed by atoms with van der Waals surface area (Å²) in [4.78, 5) is 17.9. The van der Waals surface area contributed by atoms with Gasteiger partial charge in [0, 0.05) is 17.0 Å². The van der Waals surface area contributed by atoms with Gasteiger partial charge in [-0.2, -0.15) is 0 Å². The molecule has 22 heavy (non-hydrogen) atoms. The molecule has 3 rings (SSSR count). The summed E-state index contributed by atoms with van der Waals surface area (Å²) in [6, 6.07) is 6.60. The number of aromatic nitrogens is 1. The molecule has 0 aliphatic heterocycles. The molecule has 116 valence electrons. The fourth-order valence-electron chi connectivity index (χ4n) is 2.78. The third kappa shape index (κ3) is 2.90. The highest BCUT2D eigenvalue weighted by Gasteiger charge is 2.52. The molecule has 1 aliphatic carbocycles. The topological polar surface area (TPSA) is 42.0 Å². The Kier molecular flexibility index (Phi) is 4.25. The zero-order valence-electron chi connectivity index (χ0n) is 12.6. The Morgan fingerprint density at radius 3 is 2.82 bits per heavy atom. The van der Waals surface area contributed by atoms with E-state index in [1.54, 1.807) is 29.5 Å². The fraction of sp³-hybridized carbons (Fsp3) is 0.412. The van der Waals surface area contributed by atoms with Gasteiger partial charge >= 0.3 is 0 Å². The molecule has 0 unspecified atom stereocenters. The van der Waals surface area contributed by atoms with Crippen LogP contribution in [0.1, 0.15) is 35.4 Å². The van der Waals surface area contributed by atoms with Crippen LogP contribution in [0.15, 0.2) is 29.8 Å². The van der Waals surface area contributed by atoms with Gasteiger partial charge in [-0.25, -0.2) is 9.37 Å². The van der Waals surface area contributed by atoms with Crippen LogP contribution in [-0.4, -0.2) is 17.4 Å². The van der Waals surface area contributed by atoms with E-state index >= 15 is 0 Å². The summed E-state index contributed by atoms with van der Waals surface area (Å²) in [7, 11) is 0. The zero-order valence-corrected chi connectivity index (χ0v) is 13.4. The molecule has 0 bridgehead atoms. The third-order valence-corrected chi connectivity index (χ3v) is 5.28. The molecule has 0 atom stereocenters. The number of benzene rings is 1. The summed E-state index contributed by atoms with van der Waals surface area (Å²) < 4.78 is 13.9. The van der Waals surface area contributed by atoms with Crippen molar-refractivity contribution in [2.45, 2.75) is 38.0 Å². The first-order valence-electron chi connectivity index (χ1n) is 7.56. The van der Waals surface area contributed by atoms with Crippen LogP contribution in [0.25, 0.3) is 0 Å². The highest BCUT2D eigenvalue weighted by Crippen LogP contribution is 2.49. The molecule has 1 aromatic heterocycles. The lowest BCUT2D eigenvalue weighted by Gasteiger charge is -2.16. The van der Waals surface area contributed by atoms with Crippen LogP contribution >= 0.6 is 11.3 Å². The van der Waals surface area contributed by atoms with E-state index in [0.29, 0.717) is 12.1 Å². The van der Waals surface area contributed by atoms with Gasteiger partial charge in [0.1, 0.15) is 5.82 Å². The van der Waals surface area contributed by atoms with Gasteiger partial charge in [0.15, 0.2) is 0 Å². The van der Waals surface area contributed by atoms with Crippen molar-refractivity contribution in [2.24, 2.45) is 0 Å². The van der Waals surface area contributed by atoms with E-state index in [9.17, 15) is 9.18 Å². The standard InChI is InChI=1S/C17H19FN2OS/c1-12-15(22-11-20-12)7-4-10-19-16(21)17(8-9-17)13-5-2-3-6-14(13)18/h2-3,5-6,11H,4,7-10H2,1H3,(H,19,21). The Morgan fingerprint density at radius 1 is 1.41 bits per heavy atom. The largest absolute Gasteiger partial charge is 0.355 e. The second-order valence-electron chi connectivity index (χ2n) is 5.78. The van der Waals surface area contributed by atoms with Crippen LogP contribution in [0.4, 0.5) is 4.39 Å². The number of thiazole rings is 1. The SMILES string of the molecule is Cc1ncsc1CCCNC(=O)C1(c2ccccc2F)CC1. The number of carbonyl (C=O) groups is 1.